The fourth-order valence-corrected chi connectivity index (χ4v) is 3.06. The Balaban J connectivity index is 1.97. The molecule has 1 aliphatic heterocycles. The number of hydrogen-bond acceptors (Lipinski definition) is 1. The Hall–Kier alpha value is -2.55. The SMILES string of the molecule is CN1C(=O)C(n2ccc3ccccc32)c2ccccc21. The minimum atomic E-state index is -0.254. The Kier molecular flexibility index (Phi) is 2.24. The van der Waals surface area contributed by atoms with Gasteiger partial charge in [0, 0.05) is 30.0 Å². The van der Waals surface area contributed by atoms with Gasteiger partial charge in [-0.15, -0.1) is 0 Å². The average Bonchev–Trinajstić information content (AvgIpc) is 3.01. The monoisotopic (exact) mass is 262 g/mol. The number of carbonyl (C=O) groups is 1. The van der Waals surface area contributed by atoms with E-state index >= 15 is 0 Å². The number of fused-ring (bicyclic) bond motifs is 2. The lowest BCUT2D eigenvalue weighted by molar-refractivity contribution is -0.119. The summed E-state index contributed by atoms with van der Waals surface area (Å²) in [5.74, 6) is 0.118. The highest BCUT2D eigenvalue weighted by Crippen LogP contribution is 2.38. The molecule has 0 saturated carbocycles. The maximum absolute atomic E-state index is 12.6. The lowest BCUT2D eigenvalue weighted by Gasteiger charge is -2.14. The first-order chi connectivity index (χ1) is 9.77. The topological polar surface area (TPSA) is 25.2 Å². The fourth-order valence-electron chi connectivity index (χ4n) is 3.06. The van der Waals surface area contributed by atoms with E-state index in [9.17, 15) is 4.79 Å². The molecule has 0 aliphatic carbocycles. The Morgan fingerprint density at radius 2 is 1.70 bits per heavy atom. The Bertz CT molecular complexity index is 818. The number of aromatic nitrogens is 1. The molecule has 4 rings (SSSR count). The second-order valence-electron chi connectivity index (χ2n) is 5.14. The van der Waals surface area contributed by atoms with Gasteiger partial charge in [-0.05, 0) is 23.6 Å². The number of carbonyl (C=O) groups excluding carboxylic acids is 1. The Labute approximate surface area is 117 Å². The molecule has 0 saturated heterocycles. The van der Waals surface area contributed by atoms with Gasteiger partial charge in [0.25, 0.3) is 5.91 Å². The van der Waals surface area contributed by atoms with Crippen molar-refractivity contribution in [3.8, 4) is 0 Å². The van der Waals surface area contributed by atoms with Crippen molar-refractivity contribution < 1.29 is 4.79 Å². The van der Waals surface area contributed by atoms with Crippen LogP contribution < -0.4 is 4.90 Å². The van der Waals surface area contributed by atoms with Crippen LogP contribution in [0.15, 0.2) is 60.8 Å². The number of nitrogens with zero attached hydrogens (tertiary/aromatic N) is 2. The number of benzene rings is 2. The highest BCUT2D eigenvalue weighted by molar-refractivity contribution is 6.05. The van der Waals surface area contributed by atoms with Gasteiger partial charge in [0.15, 0.2) is 0 Å². The van der Waals surface area contributed by atoms with Gasteiger partial charge in [-0.2, -0.15) is 0 Å². The predicted octanol–water partition coefficient (Wildman–Crippen LogP) is 3.21. The second-order valence-corrected chi connectivity index (χ2v) is 5.14. The molecule has 2 heterocycles. The molecular weight excluding hydrogens is 248 g/mol. The van der Waals surface area contributed by atoms with Crippen LogP contribution in [-0.2, 0) is 4.79 Å². The molecule has 1 aromatic heterocycles. The molecule has 1 amide bonds. The summed E-state index contributed by atoms with van der Waals surface area (Å²) in [7, 11) is 1.84. The number of rotatable bonds is 1. The summed E-state index contributed by atoms with van der Waals surface area (Å²) in [4.78, 5) is 14.4. The molecule has 1 aliphatic rings. The van der Waals surface area contributed by atoms with Crippen molar-refractivity contribution in [1.29, 1.82) is 0 Å². The lowest BCUT2D eigenvalue weighted by atomic mass is 10.1. The Morgan fingerprint density at radius 3 is 2.60 bits per heavy atom. The van der Waals surface area contributed by atoms with E-state index in [1.807, 2.05) is 49.6 Å². The lowest BCUT2D eigenvalue weighted by Crippen LogP contribution is -2.27. The summed E-state index contributed by atoms with van der Waals surface area (Å²) in [6, 6.07) is 18.0. The van der Waals surface area contributed by atoms with E-state index in [0.29, 0.717) is 0 Å². The molecular formula is C17H14N2O. The highest BCUT2D eigenvalue weighted by Gasteiger charge is 2.36. The maximum Gasteiger partial charge on any atom is 0.254 e. The summed E-state index contributed by atoms with van der Waals surface area (Å²) in [5, 5.41) is 1.16. The van der Waals surface area contributed by atoms with Crippen molar-refractivity contribution in [2.75, 3.05) is 11.9 Å². The molecule has 2 aromatic carbocycles. The zero-order valence-corrected chi connectivity index (χ0v) is 11.2. The molecule has 3 aromatic rings. The van der Waals surface area contributed by atoms with E-state index < -0.39 is 0 Å². The van der Waals surface area contributed by atoms with Crippen LogP contribution in [0.3, 0.4) is 0 Å². The van der Waals surface area contributed by atoms with Crippen LogP contribution in [0.5, 0.6) is 0 Å². The highest BCUT2D eigenvalue weighted by atomic mass is 16.2. The van der Waals surface area contributed by atoms with Crippen molar-refractivity contribution in [2.24, 2.45) is 0 Å². The largest absolute Gasteiger partial charge is 0.331 e. The summed E-state index contributed by atoms with van der Waals surface area (Å²) >= 11 is 0. The summed E-state index contributed by atoms with van der Waals surface area (Å²) in [5.41, 5.74) is 3.16. The second kappa shape index (κ2) is 3.97. The number of amides is 1. The Morgan fingerprint density at radius 1 is 0.950 bits per heavy atom. The van der Waals surface area contributed by atoms with Crippen LogP contribution in [-0.4, -0.2) is 17.5 Å². The molecule has 1 atom stereocenters. The minimum absolute atomic E-state index is 0.118. The van der Waals surface area contributed by atoms with Crippen LogP contribution in [0.4, 0.5) is 5.69 Å². The van der Waals surface area contributed by atoms with Gasteiger partial charge in [0.05, 0.1) is 0 Å². The number of para-hydroxylation sites is 2. The van der Waals surface area contributed by atoms with Crippen molar-refractivity contribution >= 4 is 22.5 Å². The smallest absolute Gasteiger partial charge is 0.254 e. The minimum Gasteiger partial charge on any atom is -0.331 e. The third-order valence-electron chi connectivity index (χ3n) is 4.06. The number of anilines is 1. The van der Waals surface area contributed by atoms with Crippen molar-refractivity contribution in [1.82, 2.24) is 4.57 Å². The maximum atomic E-state index is 12.6. The van der Waals surface area contributed by atoms with E-state index in [0.717, 1.165) is 22.2 Å². The first kappa shape index (κ1) is 11.3. The van der Waals surface area contributed by atoms with Crippen LogP contribution >= 0.6 is 0 Å². The third-order valence-corrected chi connectivity index (χ3v) is 4.06. The number of hydrogen-bond donors (Lipinski definition) is 0. The molecule has 1 unspecified atom stereocenters. The molecule has 0 bridgehead atoms. The van der Waals surface area contributed by atoms with Crippen LogP contribution in [0.2, 0.25) is 0 Å². The van der Waals surface area contributed by atoms with Gasteiger partial charge in [0.2, 0.25) is 0 Å². The summed E-state index contributed by atoms with van der Waals surface area (Å²) in [6.07, 6.45) is 2.00. The molecule has 0 radical (unpaired) electrons. The normalized spacial score (nSPS) is 17.8. The summed E-state index contributed by atoms with van der Waals surface area (Å²) in [6.45, 7) is 0. The molecule has 98 valence electrons. The summed E-state index contributed by atoms with van der Waals surface area (Å²) < 4.78 is 2.07. The zero-order chi connectivity index (χ0) is 13.7. The molecule has 0 fully saturated rings. The van der Waals surface area contributed by atoms with E-state index in [2.05, 4.69) is 22.8 Å². The molecule has 0 N–H and O–H groups in total. The van der Waals surface area contributed by atoms with Crippen LogP contribution in [0.25, 0.3) is 10.9 Å². The number of likely N-dealkylation sites (N-methyl/N-ethyl adjacent to an activating group) is 1. The zero-order valence-electron chi connectivity index (χ0n) is 11.2. The first-order valence-corrected chi connectivity index (χ1v) is 6.69. The van der Waals surface area contributed by atoms with Gasteiger partial charge in [-0.25, -0.2) is 0 Å². The van der Waals surface area contributed by atoms with Gasteiger partial charge in [0.1, 0.15) is 6.04 Å². The predicted molar refractivity (Wildman–Crippen MR) is 79.9 cm³/mol. The first-order valence-electron chi connectivity index (χ1n) is 6.69. The van der Waals surface area contributed by atoms with Gasteiger partial charge in [-0.1, -0.05) is 36.4 Å². The molecule has 0 spiro atoms. The standard InChI is InChI=1S/C17H14N2O/c1-18-15-9-5-3-7-13(15)16(17(18)20)19-11-10-12-6-2-4-8-14(12)19/h2-11,16H,1H3. The fraction of sp³-hybridized carbons (Fsp3) is 0.118. The third kappa shape index (κ3) is 1.37. The van der Waals surface area contributed by atoms with E-state index in [-0.39, 0.29) is 11.9 Å². The van der Waals surface area contributed by atoms with Gasteiger partial charge < -0.3 is 9.47 Å². The quantitative estimate of drug-likeness (QED) is 0.661. The van der Waals surface area contributed by atoms with Crippen LogP contribution in [0.1, 0.15) is 11.6 Å². The van der Waals surface area contributed by atoms with Gasteiger partial charge in [-0.3, -0.25) is 4.79 Å². The van der Waals surface area contributed by atoms with Crippen LogP contribution in [0, 0.1) is 0 Å². The van der Waals surface area contributed by atoms with E-state index in [1.54, 1.807) is 4.90 Å². The van der Waals surface area contributed by atoms with Crippen molar-refractivity contribution in [3.63, 3.8) is 0 Å². The van der Waals surface area contributed by atoms with E-state index in [1.165, 1.54) is 0 Å². The molecule has 20 heavy (non-hydrogen) atoms. The van der Waals surface area contributed by atoms with Gasteiger partial charge >= 0.3 is 0 Å². The van der Waals surface area contributed by atoms with E-state index in [4.69, 9.17) is 0 Å². The van der Waals surface area contributed by atoms with Crippen molar-refractivity contribution in [3.05, 3.63) is 66.4 Å². The molecule has 3 heteroatoms. The molecule has 3 nitrogen and oxygen atoms in total. The van der Waals surface area contributed by atoms with Crippen molar-refractivity contribution in [2.45, 2.75) is 6.04 Å². The average molecular weight is 262 g/mol.